The first-order valence-electron chi connectivity index (χ1n) is 2.96. The summed E-state index contributed by atoms with van der Waals surface area (Å²) in [5, 5.41) is 0. The number of nitrogens with zero attached hydrogens (tertiary/aromatic N) is 3. The second-order valence-electron chi connectivity index (χ2n) is 1.85. The zero-order valence-electron chi connectivity index (χ0n) is 5.64. The molecule has 0 aliphatic rings. The zero-order valence-corrected chi connectivity index (χ0v) is 5.64. The fraction of sp³-hybridized carbons (Fsp3) is 0. The largest absolute Gasteiger partial charge is 0.361 e. The first-order valence-corrected chi connectivity index (χ1v) is 2.96. The van der Waals surface area contributed by atoms with Gasteiger partial charge in [-0.1, -0.05) is 0 Å². The number of carbonyl (C=O) groups excluding carboxylic acids is 1. The molecule has 0 saturated heterocycles. The number of Topliss-reactive ketones (excluding diaryl/α,β-unsaturated/α-hetero) is 1. The fourth-order valence-corrected chi connectivity index (χ4v) is 0.635. The van der Waals surface area contributed by atoms with E-state index < -0.39 is 0 Å². The van der Waals surface area contributed by atoms with Gasteiger partial charge in [0.15, 0.2) is 0 Å². The Kier molecular flexibility index (Phi) is 2.25. The van der Waals surface area contributed by atoms with E-state index in [1.807, 2.05) is 0 Å². The summed E-state index contributed by atoms with van der Waals surface area (Å²) >= 11 is 0. The summed E-state index contributed by atoms with van der Waals surface area (Å²) in [5.41, 5.74) is 8.43. The molecule has 1 rings (SSSR count). The number of aromatic nitrogens is 1. The molecule has 1 aromatic heterocycles. The van der Waals surface area contributed by atoms with E-state index in [4.69, 9.17) is 5.53 Å². The van der Waals surface area contributed by atoms with Crippen molar-refractivity contribution in [2.75, 3.05) is 0 Å². The van der Waals surface area contributed by atoms with Crippen molar-refractivity contribution in [1.82, 2.24) is 4.98 Å². The molecule has 0 bridgehead atoms. The molecule has 0 radical (unpaired) electrons. The van der Waals surface area contributed by atoms with Crippen LogP contribution in [0, 0.1) is 0 Å². The molecule has 4 heteroatoms. The van der Waals surface area contributed by atoms with Gasteiger partial charge in [0.05, 0.1) is 0 Å². The molecule has 0 N–H and O–H groups in total. The van der Waals surface area contributed by atoms with Crippen molar-refractivity contribution >= 4 is 12.0 Å². The van der Waals surface area contributed by atoms with Crippen LogP contribution in [0.15, 0.2) is 24.5 Å². The highest BCUT2D eigenvalue weighted by Gasteiger charge is 2.04. The molecule has 0 atom stereocenters. The van der Waals surface area contributed by atoms with Gasteiger partial charge in [0.1, 0.15) is 0 Å². The van der Waals surface area contributed by atoms with Gasteiger partial charge in [-0.2, -0.15) is 4.79 Å². The molecular weight excluding hydrogens is 142 g/mol. The second kappa shape index (κ2) is 3.39. The molecule has 11 heavy (non-hydrogen) atoms. The Balaban J connectivity index is 2.94. The lowest BCUT2D eigenvalue weighted by molar-refractivity contribution is 0.00234. The third-order valence-corrected chi connectivity index (χ3v) is 1.12. The lowest BCUT2D eigenvalue weighted by Crippen LogP contribution is -2.00. The summed E-state index contributed by atoms with van der Waals surface area (Å²) in [7, 11) is 0. The molecule has 0 aliphatic carbocycles. The van der Waals surface area contributed by atoms with E-state index in [-0.39, 0.29) is 5.78 Å². The van der Waals surface area contributed by atoms with E-state index in [0.717, 1.165) is 6.21 Å². The van der Waals surface area contributed by atoms with Crippen LogP contribution in [0.3, 0.4) is 0 Å². The van der Waals surface area contributed by atoms with Crippen molar-refractivity contribution in [1.29, 1.82) is 0 Å². The standard InChI is InChI=1S/C7H5N3O/c8-10-5-7(11)6-2-1-3-9-4-6/h1-5H. The second-order valence-corrected chi connectivity index (χ2v) is 1.85. The van der Waals surface area contributed by atoms with E-state index in [2.05, 4.69) is 9.77 Å². The van der Waals surface area contributed by atoms with Gasteiger partial charge in [0.2, 0.25) is 0 Å². The molecule has 0 spiro atoms. The Hall–Kier alpha value is -1.80. The van der Waals surface area contributed by atoms with Gasteiger partial charge in [0.25, 0.3) is 5.78 Å². The van der Waals surface area contributed by atoms with Gasteiger partial charge in [-0.05, 0) is 12.1 Å². The Bertz CT molecular complexity index is 301. The maximum absolute atomic E-state index is 10.9. The van der Waals surface area contributed by atoms with Crippen molar-refractivity contribution in [3.63, 3.8) is 0 Å². The zero-order chi connectivity index (χ0) is 8.10. The van der Waals surface area contributed by atoms with Crippen LogP contribution in [0.1, 0.15) is 10.4 Å². The normalized spacial score (nSPS) is 8.36. The van der Waals surface area contributed by atoms with Crippen LogP contribution in [0.5, 0.6) is 0 Å². The summed E-state index contributed by atoms with van der Waals surface area (Å²) in [6.07, 6.45) is 3.80. The minimum absolute atomic E-state index is 0.361. The molecule has 4 nitrogen and oxygen atoms in total. The van der Waals surface area contributed by atoms with Gasteiger partial charge in [-0.15, -0.1) is 0 Å². The van der Waals surface area contributed by atoms with E-state index in [0.29, 0.717) is 5.56 Å². The quantitative estimate of drug-likeness (QED) is 0.265. The van der Waals surface area contributed by atoms with Crippen molar-refractivity contribution in [2.45, 2.75) is 0 Å². The molecule has 0 unspecified atom stereocenters. The molecule has 0 aromatic carbocycles. The predicted octanol–water partition coefficient (Wildman–Crippen LogP) is 0.565. The van der Waals surface area contributed by atoms with Crippen LogP contribution < -0.4 is 0 Å². The van der Waals surface area contributed by atoms with Crippen LogP contribution in [0.25, 0.3) is 5.53 Å². The van der Waals surface area contributed by atoms with Gasteiger partial charge in [-0.25, -0.2) is 0 Å². The van der Waals surface area contributed by atoms with Gasteiger partial charge < -0.3 is 5.53 Å². The Morgan fingerprint density at radius 1 is 1.73 bits per heavy atom. The highest BCUT2D eigenvalue weighted by atomic mass is 16.1. The average Bonchev–Trinajstić information content (AvgIpc) is 2.07. The number of rotatable bonds is 2. The first kappa shape index (κ1) is 7.31. The Labute approximate surface area is 63.1 Å². The summed E-state index contributed by atoms with van der Waals surface area (Å²) in [4.78, 5) is 17.2. The minimum atomic E-state index is -0.361. The molecule has 54 valence electrons. The number of pyridine rings is 1. The average molecular weight is 147 g/mol. The number of carbonyl (C=O) groups is 1. The van der Waals surface area contributed by atoms with E-state index in [1.54, 1.807) is 18.3 Å². The van der Waals surface area contributed by atoms with Crippen molar-refractivity contribution in [2.24, 2.45) is 0 Å². The van der Waals surface area contributed by atoms with Crippen LogP contribution in [0.2, 0.25) is 0 Å². The number of hydrogen-bond donors (Lipinski definition) is 0. The summed E-state index contributed by atoms with van der Waals surface area (Å²) in [6.45, 7) is 0. The molecule has 0 aliphatic heterocycles. The molecule has 1 aromatic rings. The van der Waals surface area contributed by atoms with Crippen LogP contribution in [-0.4, -0.2) is 21.8 Å². The molecule has 1 heterocycles. The van der Waals surface area contributed by atoms with Crippen molar-refractivity contribution < 1.29 is 9.58 Å². The monoisotopic (exact) mass is 147 g/mol. The highest BCUT2D eigenvalue weighted by molar-refractivity contribution is 6.33. The lowest BCUT2D eigenvalue weighted by Gasteiger charge is -1.86. The highest BCUT2D eigenvalue weighted by Crippen LogP contribution is 1.93. The maximum Gasteiger partial charge on any atom is 0.328 e. The smallest absolute Gasteiger partial charge is 0.328 e. The molecule has 0 fully saturated rings. The summed E-state index contributed by atoms with van der Waals surface area (Å²) in [5.74, 6) is -0.361. The Morgan fingerprint density at radius 3 is 3.09 bits per heavy atom. The number of hydrogen-bond acceptors (Lipinski definition) is 2. The Morgan fingerprint density at radius 2 is 2.55 bits per heavy atom. The molecular formula is C7H5N3O. The summed E-state index contributed by atoms with van der Waals surface area (Å²) < 4.78 is 0. The maximum atomic E-state index is 10.9. The minimum Gasteiger partial charge on any atom is -0.361 e. The van der Waals surface area contributed by atoms with Crippen LogP contribution in [-0.2, 0) is 0 Å². The van der Waals surface area contributed by atoms with Crippen LogP contribution >= 0.6 is 0 Å². The summed E-state index contributed by atoms with van der Waals surface area (Å²) in [6, 6.07) is 3.23. The van der Waals surface area contributed by atoms with E-state index >= 15 is 0 Å². The van der Waals surface area contributed by atoms with Crippen LogP contribution in [0.4, 0.5) is 0 Å². The van der Waals surface area contributed by atoms with Gasteiger partial charge >= 0.3 is 6.21 Å². The topological polar surface area (TPSA) is 66.4 Å². The third-order valence-electron chi connectivity index (χ3n) is 1.12. The molecule has 0 amide bonds. The van der Waals surface area contributed by atoms with Crippen molar-refractivity contribution in [3.05, 3.63) is 35.6 Å². The third kappa shape index (κ3) is 1.81. The van der Waals surface area contributed by atoms with Crippen molar-refractivity contribution in [3.8, 4) is 0 Å². The number of ketones is 1. The van der Waals surface area contributed by atoms with E-state index in [9.17, 15) is 4.79 Å². The SMILES string of the molecule is [N-]=[N+]=CC(=O)c1cccnc1. The van der Waals surface area contributed by atoms with E-state index in [1.165, 1.54) is 6.20 Å². The fourth-order valence-electron chi connectivity index (χ4n) is 0.635. The predicted molar refractivity (Wildman–Crippen MR) is 38.3 cm³/mol. The van der Waals surface area contributed by atoms with Gasteiger partial charge in [-0.3, -0.25) is 9.78 Å². The molecule has 0 saturated carbocycles. The first-order chi connectivity index (χ1) is 5.34. The van der Waals surface area contributed by atoms with Gasteiger partial charge in [0, 0.05) is 18.0 Å². The lowest BCUT2D eigenvalue weighted by atomic mass is 10.2.